The van der Waals surface area contributed by atoms with Gasteiger partial charge in [-0.25, -0.2) is 0 Å². The van der Waals surface area contributed by atoms with Gasteiger partial charge in [0.1, 0.15) is 0 Å². The predicted molar refractivity (Wildman–Crippen MR) is 71.2 cm³/mol. The molecule has 0 aromatic heterocycles. The third kappa shape index (κ3) is 4.75. The largest absolute Gasteiger partial charge is 0.351 e. The molecule has 1 aromatic carbocycles. The lowest BCUT2D eigenvalue weighted by atomic mass is 10.2. The summed E-state index contributed by atoms with van der Waals surface area (Å²) in [5.74, 6) is 0.0794. The van der Waals surface area contributed by atoms with Gasteiger partial charge in [-0.3, -0.25) is 4.79 Å². The van der Waals surface area contributed by atoms with Crippen molar-refractivity contribution in [2.24, 2.45) is 0 Å². The van der Waals surface area contributed by atoms with Crippen LogP contribution < -0.4 is 10.6 Å². The van der Waals surface area contributed by atoms with Crippen LogP contribution in [0.3, 0.4) is 0 Å². The number of hydrogen-bond acceptors (Lipinski definition) is 2. The second-order valence-electron chi connectivity index (χ2n) is 4.37. The van der Waals surface area contributed by atoms with E-state index >= 15 is 0 Å². The van der Waals surface area contributed by atoms with Gasteiger partial charge < -0.3 is 10.6 Å². The van der Waals surface area contributed by atoms with Gasteiger partial charge in [-0.05, 0) is 25.3 Å². The highest BCUT2D eigenvalue weighted by Crippen LogP contribution is 2.19. The van der Waals surface area contributed by atoms with E-state index in [1.165, 1.54) is 12.8 Å². The van der Waals surface area contributed by atoms with Gasteiger partial charge in [0.25, 0.3) is 0 Å². The molecule has 17 heavy (non-hydrogen) atoms. The minimum absolute atomic E-state index is 0. The number of carbonyl (C=O) groups is 1. The molecule has 1 aromatic rings. The summed E-state index contributed by atoms with van der Waals surface area (Å²) in [7, 11) is 0. The van der Waals surface area contributed by atoms with Crippen molar-refractivity contribution in [2.75, 3.05) is 0 Å². The van der Waals surface area contributed by atoms with Crippen LogP contribution in [-0.4, -0.2) is 18.0 Å². The highest BCUT2D eigenvalue weighted by Gasteiger charge is 2.25. The molecule has 1 saturated carbocycles. The van der Waals surface area contributed by atoms with Crippen LogP contribution in [-0.2, 0) is 11.3 Å². The second kappa shape index (κ2) is 6.62. The summed E-state index contributed by atoms with van der Waals surface area (Å²) >= 11 is 0. The molecule has 94 valence electrons. The van der Waals surface area contributed by atoms with Crippen LogP contribution >= 0.6 is 12.4 Å². The summed E-state index contributed by atoms with van der Waals surface area (Å²) in [4.78, 5) is 11.7. The molecule has 1 unspecified atom stereocenters. The Labute approximate surface area is 108 Å². The average molecular weight is 255 g/mol. The first kappa shape index (κ1) is 14.0. The molecule has 0 aliphatic heterocycles. The molecule has 0 spiro atoms. The van der Waals surface area contributed by atoms with Crippen molar-refractivity contribution in [3.8, 4) is 0 Å². The summed E-state index contributed by atoms with van der Waals surface area (Å²) < 4.78 is 0. The molecule has 1 fully saturated rings. The van der Waals surface area contributed by atoms with Crippen molar-refractivity contribution in [3.63, 3.8) is 0 Å². The topological polar surface area (TPSA) is 41.1 Å². The Morgan fingerprint density at radius 1 is 1.35 bits per heavy atom. The lowest BCUT2D eigenvalue weighted by molar-refractivity contribution is -0.122. The minimum atomic E-state index is -0.0868. The maximum atomic E-state index is 11.7. The average Bonchev–Trinajstić information content (AvgIpc) is 3.11. The summed E-state index contributed by atoms with van der Waals surface area (Å²) in [5.41, 5.74) is 1.13. The van der Waals surface area contributed by atoms with E-state index in [1.54, 1.807) is 0 Å². The fourth-order valence-corrected chi connectivity index (χ4v) is 1.62. The van der Waals surface area contributed by atoms with Crippen molar-refractivity contribution in [3.05, 3.63) is 35.9 Å². The minimum Gasteiger partial charge on any atom is -0.351 e. The molecule has 2 rings (SSSR count). The molecular weight excluding hydrogens is 236 g/mol. The van der Waals surface area contributed by atoms with Crippen molar-refractivity contribution >= 4 is 18.3 Å². The second-order valence-corrected chi connectivity index (χ2v) is 4.37. The van der Waals surface area contributed by atoms with Gasteiger partial charge in [0.2, 0.25) is 5.91 Å². The van der Waals surface area contributed by atoms with Gasteiger partial charge in [0.05, 0.1) is 6.04 Å². The first-order valence-electron chi connectivity index (χ1n) is 5.83. The van der Waals surface area contributed by atoms with E-state index in [1.807, 2.05) is 37.3 Å². The summed E-state index contributed by atoms with van der Waals surface area (Å²) in [5, 5.41) is 6.21. The van der Waals surface area contributed by atoms with E-state index < -0.39 is 0 Å². The molecule has 1 atom stereocenters. The molecule has 0 saturated heterocycles. The number of halogens is 1. The van der Waals surface area contributed by atoms with E-state index in [4.69, 9.17) is 0 Å². The normalized spacial score (nSPS) is 15.8. The SMILES string of the molecule is CC(NC1CC1)C(=O)NCc1ccccc1.Cl. The van der Waals surface area contributed by atoms with E-state index in [0.717, 1.165) is 5.56 Å². The lowest BCUT2D eigenvalue weighted by Crippen LogP contribution is -2.42. The van der Waals surface area contributed by atoms with E-state index in [2.05, 4.69) is 10.6 Å². The van der Waals surface area contributed by atoms with E-state index in [0.29, 0.717) is 12.6 Å². The Morgan fingerprint density at radius 3 is 2.59 bits per heavy atom. The van der Waals surface area contributed by atoms with Crippen LogP contribution in [0.25, 0.3) is 0 Å². The smallest absolute Gasteiger partial charge is 0.237 e. The Hall–Kier alpha value is -1.06. The van der Waals surface area contributed by atoms with Crippen LogP contribution in [0.5, 0.6) is 0 Å². The maximum Gasteiger partial charge on any atom is 0.237 e. The third-order valence-electron chi connectivity index (χ3n) is 2.77. The van der Waals surface area contributed by atoms with Gasteiger partial charge in [0.15, 0.2) is 0 Å². The molecule has 1 aliphatic carbocycles. The first-order chi connectivity index (χ1) is 7.75. The van der Waals surface area contributed by atoms with Gasteiger partial charge >= 0.3 is 0 Å². The third-order valence-corrected chi connectivity index (χ3v) is 2.77. The van der Waals surface area contributed by atoms with Crippen LogP contribution in [0.15, 0.2) is 30.3 Å². The Bertz CT molecular complexity index is 352. The number of amides is 1. The molecule has 4 heteroatoms. The maximum absolute atomic E-state index is 11.7. The highest BCUT2D eigenvalue weighted by molar-refractivity contribution is 5.85. The number of benzene rings is 1. The quantitative estimate of drug-likeness (QED) is 0.842. The number of carbonyl (C=O) groups excluding carboxylic acids is 1. The van der Waals surface area contributed by atoms with Crippen molar-refractivity contribution in [2.45, 2.75) is 38.4 Å². The Balaban J connectivity index is 0.00000144. The Kier molecular flexibility index (Phi) is 5.45. The monoisotopic (exact) mass is 254 g/mol. The molecule has 1 aliphatic rings. The lowest BCUT2D eigenvalue weighted by Gasteiger charge is -2.13. The fourth-order valence-electron chi connectivity index (χ4n) is 1.62. The molecule has 0 heterocycles. The molecule has 3 nitrogen and oxygen atoms in total. The first-order valence-corrected chi connectivity index (χ1v) is 5.83. The fraction of sp³-hybridized carbons (Fsp3) is 0.462. The van der Waals surface area contributed by atoms with Crippen molar-refractivity contribution < 1.29 is 4.79 Å². The van der Waals surface area contributed by atoms with E-state index in [-0.39, 0.29) is 24.4 Å². The number of hydrogen-bond donors (Lipinski definition) is 2. The Morgan fingerprint density at radius 2 is 2.00 bits per heavy atom. The van der Waals surface area contributed by atoms with Crippen LogP contribution in [0.4, 0.5) is 0 Å². The molecule has 0 bridgehead atoms. The zero-order chi connectivity index (χ0) is 11.4. The van der Waals surface area contributed by atoms with Crippen molar-refractivity contribution in [1.29, 1.82) is 0 Å². The zero-order valence-corrected chi connectivity index (χ0v) is 10.8. The van der Waals surface area contributed by atoms with Crippen LogP contribution in [0, 0.1) is 0 Å². The zero-order valence-electron chi connectivity index (χ0n) is 9.98. The van der Waals surface area contributed by atoms with Crippen LogP contribution in [0.1, 0.15) is 25.3 Å². The predicted octanol–water partition coefficient (Wildman–Crippen LogP) is 1.87. The summed E-state index contributed by atoms with van der Waals surface area (Å²) in [6, 6.07) is 10.4. The van der Waals surface area contributed by atoms with Crippen molar-refractivity contribution in [1.82, 2.24) is 10.6 Å². The highest BCUT2D eigenvalue weighted by atomic mass is 35.5. The van der Waals surface area contributed by atoms with Crippen LogP contribution in [0.2, 0.25) is 0 Å². The standard InChI is InChI=1S/C13H18N2O.ClH/c1-10(15-12-7-8-12)13(16)14-9-11-5-3-2-4-6-11;/h2-6,10,12,15H,7-9H2,1H3,(H,14,16);1H. The molecule has 1 amide bonds. The van der Waals surface area contributed by atoms with E-state index in [9.17, 15) is 4.79 Å². The summed E-state index contributed by atoms with van der Waals surface area (Å²) in [6.07, 6.45) is 2.41. The number of rotatable bonds is 5. The molecule has 0 radical (unpaired) electrons. The molecule has 2 N–H and O–H groups in total. The van der Waals surface area contributed by atoms with Gasteiger partial charge in [-0.1, -0.05) is 30.3 Å². The molecular formula is C13H19ClN2O. The van der Waals surface area contributed by atoms with Gasteiger partial charge in [-0.15, -0.1) is 12.4 Å². The number of nitrogens with one attached hydrogen (secondary N) is 2. The summed E-state index contributed by atoms with van der Waals surface area (Å²) in [6.45, 7) is 2.52. The van der Waals surface area contributed by atoms with Gasteiger partial charge in [0, 0.05) is 12.6 Å². The van der Waals surface area contributed by atoms with Gasteiger partial charge in [-0.2, -0.15) is 0 Å².